The van der Waals surface area contributed by atoms with Gasteiger partial charge in [0.2, 0.25) is 5.91 Å². The largest absolute Gasteiger partial charge is 0.395 e. The van der Waals surface area contributed by atoms with Crippen LogP contribution in [0.1, 0.15) is 45.6 Å². The second kappa shape index (κ2) is 9.00. The average Bonchev–Trinajstić information content (AvgIpc) is 3.50. The summed E-state index contributed by atoms with van der Waals surface area (Å²) in [4.78, 5) is 24.7. The lowest BCUT2D eigenvalue weighted by Gasteiger charge is -2.16. The van der Waals surface area contributed by atoms with Crippen molar-refractivity contribution in [3.63, 3.8) is 0 Å². The van der Waals surface area contributed by atoms with Crippen molar-refractivity contribution in [1.29, 1.82) is 0 Å². The van der Waals surface area contributed by atoms with E-state index in [1.54, 1.807) is 0 Å². The predicted molar refractivity (Wildman–Crippen MR) is 117 cm³/mol. The van der Waals surface area contributed by atoms with E-state index >= 15 is 0 Å². The number of aliphatic hydroxyl groups is 1. The number of carbonyl (C=O) groups is 2. The molecular weight excluding hydrogens is 434 g/mol. The Hall–Kier alpha value is -2.76. The molecule has 2 amide bonds. The third-order valence-electron chi connectivity index (χ3n) is 5.92. The first-order chi connectivity index (χ1) is 15.3. The average molecular weight is 462 g/mol. The monoisotopic (exact) mass is 461 g/mol. The van der Waals surface area contributed by atoms with Crippen LogP contribution in [0, 0.1) is 0 Å². The van der Waals surface area contributed by atoms with Gasteiger partial charge in [-0.3, -0.25) is 14.3 Å². The molecule has 2 aliphatic carbocycles. The summed E-state index contributed by atoms with van der Waals surface area (Å²) >= 11 is 0. The SMILES string of the molecule is Cn1nc(S(=O)(=O)NCC(=O)Nc2c3c(cc4c2CCC4)CCC3)cc1C(=O)NCCO. The molecular formula is C21H27N5O5S. The van der Waals surface area contributed by atoms with E-state index in [-0.39, 0.29) is 23.9 Å². The van der Waals surface area contributed by atoms with E-state index in [0.717, 1.165) is 55.0 Å². The molecule has 0 bridgehead atoms. The lowest BCUT2D eigenvalue weighted by atomic mass is 9.98. The van der Waals surface area contributed by atoms with Gasteiger partial charge in [0.25, 0.3) is 15.9 Å². The van der Waals surface area contributed by atoms with Gasteiger partial charge in [-0.25, -0.2) is 13.1 Å². The Balaban J connectivity index is 1.45. The van der Waals surface area contributed by atoms with Gasteiger partial charge in [-0.2, -0.15) is 5.10 Å². The molecule has 2 aromatic rings. The number of carbonyl (C=O) groups excluding carboxylic acids is 2. The number of rotatable bonds is 8. The van der Waals surface area contributed by atoms with E-state index in [1.165, 1.54) is 29.3 Å². The molecule has 0 fully saturated rings. The van der Waals surface area contributed by atoms with Crippen molar-refractivity contribution in [3.05, 3.63) is 40.1 Å². The van der Waals surface area contributed by atoms with Crippen molar-refractivity contribution in [1.82, 2.24) is 19.8 Å². The van der Waals surface area contributed by atoms with Gasteiger partial charge >= 0.3 is 0 Å². The van der Waals surface area contributed by atoms with E-state index < -0.39 is 28.4 Å². The number of anilines is 1. The van der Waals surface area contributed by atoms with Crippen molar-refractivity contribution in [3.8, 4) is 0 Å². The topological polar surface area (TPSA) is 142 Å². The van der Waals surface area contributed by atoms with Crippen molar-refractivity contribution < 1.29 is 23.1 Å². The maximum absolute atomic E-state index is 12.6. The van der Waals surface area contributed by atoms with Crippen LogP contribution in [-0.4, -0.2) is 54.8 Å². The van der Waals surface area contributed by atoms with Crippen LogP contribution in [0.25, 0.3) is 0 Å². The molecule has 11 heteroatoms. The number of benzene rings is 1. The second-order valence-corrected chi connectivity index (χ2v) is 9.79. The first-order valence-electron chi connectivity index (χ1n) is 10.7. The highest BCUT2D eigenvalue weighted by molar-refractivity contribution is 7.89. The first kappa shape index (κ1) is 22.4. The molecule has 10 nitrogen and oxygen atoms in total. The molecule has 2 aliphatic rings. The summed E-state index contributed by atoms with van der Waals surface area (Å²) in [7, 11) is -2.66. The molecule has 1 aromatic carbocycles. The van der Waals surface area contributed by atoms with Crippen LogP contribution in [0.5, 0.6) is 0 Å². The lowest BCUT2D eigenvalue weighted by Crippen LogP contribution is -2.33. The summed E-state index contributed by atoms with van der Waals surface area (Å²) in [5.41, 5.74) is 5.79. The Kier molecular flexibility index (Phi) is 6.31. The number of hydrogen-bond acceptors (Lipinski definition) is 6. The van der Waals surface area contributed by atoms with Crippen LogP contribution in [0.15, 0.2) is 17.2 Å². The molecule has 0 atom stereocenters. The summed E-state index contributed by atoms with van der Waals surface area (Å²) in [6, 6.07) is 3.39. The molecule has 0 spiro atoms. The molecule has 1 heterocycles. The molecule has 0 unspecified atom stereocenters. The highest BCUT2D eigenvalue weighted by Gasteiger charge is 2.26. The Morgan fingerprint density at radius 3 is 2.38 bits per heavy atom. The standard InChI is InChI=1S/C21H27N5O5S/c1-26-17(21(29)22-8-9-27)11-19(25-26)32(30,31)23-12-18(28)24-20-15-6-2-4-13(15)10-14-5-3-7-16(14)20/h10-11,23,27H,2-9,12H2,1H3,(H,22,29)(H,24,28). The summed E-state index contributed by atoms with van der Waals surface area (Å²) in [5, 5.41) is 17.7. The van der Waals surface area contributed by atoms with Crippen LogP contribution in [0.2, 0.25) is 0 Å². The van der Waals surface area contributed by atoms with Gasteiger partial charge < -0.3 is 15.7 Å². The summed E-state index contributed by atoms with van der Waals surface area (Å²) in [6.07, 6.45) is 5.96. The van der Waals surface area contributed by atoms with Crippen molar-refractivity contribution >= 4 is 27.5 Å². The van der Waals surface area contributed by atoms with Crippen LogP contribution < -0.4 is 15.4 Å². The van der Waals surface area contributed by atoms with Crippen LogP contribution in [0.4, 0.5) is 5.69 Å². The van der Waals surface area contributed by atoms with Crippen LogP contribution >= 0.6 is 0 Å². The number of aliphatic hydroxyl groups excluding tert-OH is 1. The number of nitrogens with zero attached hydrogens (tertiary/aromatic N) is 2. The zero-order valence-electron chi connectivity index (χ0n) is 17.9. The number of sulfonamides is 1. The minimum absolute atomic E-state index is 0.0266. The smallest absolute Gasteiger partial charge is 0.269 e. The maximum Gasteiger partial charge on any atom is 0.269 e. The Bertz CT molecular complexity index is 1140. The molecule has 0 saturated heterocycles. The van der Waals surface area contributed by atoms with E-state index in [4.69, 9.17) is 5.11 Å². The van der Waals surface area contributed by atoms with Crippen LogP contribution in [-0.2, 0) is 47.5 Å². The van der Waals surface area contributed by atoms with Gasteiger partial charge in [0.05, 0.1) is 13.2 Å². The molecule has 4 rings (SSSR count). The Morgan fingerprint density at radius 2 is 1.75 bits per heavy atom. The fourth-order valence-corrected chi connectivity index (χ4v) is 5.40. The fraction of sp³-hybridized carbons (Fsp3) is 0.476. The van der Waals surface area contributed by atoms with Gasteiger partial charge in [-0.05, 0) is 60.8 Å². The van der Waals surface area contributed by atoms with E-state index in [1.807, 2.05) is 0 Å². The number of nitrogens with one attached hydrogen (secondary N) is 3. The molecule has 1 aromatic heterocycles. The second-order valence-electron chi connectivity index (χ2n) is 8.08. The van der Waals surface area contributed by atoms with Gasteiger partial charge in [-0.15, -0.1) is 0 Å². The van der Waals surface area contributed by atoms with Crippen molar-refractivity contribution in [2.45, 2.75) is 43.6 Å². The van der Waals surface area contributed by atoms with Crippen molar-refractivity contribution in [2.24, 2.45) is 7.05 Å². The minimum atomic E-state index is -4.10. The minimum Gasteiger partial charge on any atom is -0.395 e. The first-order valence-corrected chi connectivity index (χ1v) is 12.2. The lowest BCUT2D eigenvalue weighted by molar-refractivity contribution is -0.115. The third kappa shape index (κ3) is 4.41. The summed E-state index contributed by atoms with van der Waals surface area (Å²) in [5.74, 6) is -1.00. The van der Waals surface area contributed by atoms with Crippen LogP contribution in [0.3, 0.4) is 0 Å². The zero-order chi connectivity index (χ0) is 22.9. The van der Waals surface area contributed by atoms with Crippen molar-refractivity contribution in [2.75, 3.05) is 25.0 Å². The highest BCUT2D eigenvalue weighted by Crippen LogP contribution is 2.38. The number of aromatic nitrogens is 2. The van der Waals surface area contributed by atoms with Gasteiger partial charge in [-0.1, -0.05) is 6.07 Å². The predicted octanol–water partition coefficient (Wildman–Crippen LogP) is 0.0366. The van der Waals surface area contributed by atoms with E-state index in [9.17, 15) is 18.0 Å². The number of fused-ring (bicyclic) bond motifs is 2. The fourth-order valence-electron chi connectivity index (χ4n) is 4.43. The Morgan fingerprint density at radius 1 is 1.09 bits per heavy atom. The quantitative estimate of drug-likeness (QED) is 0.437. The number of hydrogen-bond donors (Lipinski definition) is 4. The maximum atomic E-state index is 12.6. The zero-order valence-corrected chi connectivity index (χ0v) is 18.7. The molecule has 4 N–H and O–H groups in total. The summed E-state index contributed by atoms with van der Waals surface area (Å²) < 4.78 is 28.7. The number of aryl methyl sites for hydroxylation is 3. The number of amides is 2. The normalized spacial score (nSPS) is 14.8. The Labute approximate surface area is 186 Å². The van der Waals surface area contributed by atoms with E-state index in [0.29, 0.717) is 0 Å². The van der Waals surface area contributed by atoms with Gasteiger partial charge in [0.15, 0.2) is 5.03 Å². The summed E-state index contributed by atoms with van der Waals surface area (Å²) in [6.45, 7) is -0.639. The van der Waals surface area contributed by atoms with Gasteiger partial charge in [0.1, 0.15) is 5.69 Å². The third-order valence-corrected chi connectivity index (χ3v) is 7.20. The molecule has 172 valence electrons. The molecule has 0 aliphatic heterocycles. The van der Waals surface area contributed by atoms with Gasteiger partial charge in [0, 0.05) is 25.3 Å². The highest BCUT2D eigenvalue weighted by atomic mass is 32.2. The van der Waals surface area contributed by atoms with E-state index in [2.05, 4.69) is 26.5 Å². The molecule has 0 saturated carbocycles. The molecule has 32 heavy (non-hydrogen) atoms. The molecule has 0 radical (unpaired) electrons.